The summed E-state index contributed by atoms with van der Waals surface area (Å²) in [6.07, 6.45) is 83.3. The van der Waals surface area contributed by atoms with Gasteiger partial charge in [-0.1, -0.05) is 366 Å². The fourth-order valence-electron chi connectivity index (χ4n) is 11.3. The van der Waals surface area contributed by atoms with E-state index in [2.05, 4.69) is 31.3 Å². The SMILES string of the molecule is CCCCCCCCCCCCCCCCC/C=C/CC/C=C/C(O)C(COP(=O)([O-])OCC[N+](C)(C)C)NC(=O)CCCCCCCCCCCCCCCCCCCCCCCCCCCCCCCCCCCCCCCC. The van der Waals surface area contributed by atoms with Gasteiger partial charge in [0.15, 0.2) is 0 Å². The Bertz CT molecular complexity index is 1370. The number of carbonyl (C=O) groups excluding carboxylic acids is 1. The van der Waals surface area contributed by atoms with E-state index in [0.29, 0.717) is 17.4 Å². The molecule has 0 rings (SSSR count). The van der Waals surface area contributed by atoms with Crippen molar-refractivity contribution in [2.45, 2.75) is 392 Å². The van der Waals surface area contributed by atoms with E-state index >= 15 is 0 Å². The summed E-state index contributed by atoms with van der Waals surface area (Å²) in [5, 5.41) is 13.9. The van der Waals surface area contributed by atoms with Crippen LogP contribution in [0.3, 0.4) is 0 Å². The normalized spacial score (nSPS) is 13.7. The highest BCUT2D eigenvalue weighted by Gasteiger charge is 2.23. The van der Waals surface area contributed by atoms with Gasteiger partial charge in [-0.3, -0.25) is 9.36 Å². The van der Waals surface area contributed by atoms with E-state index in [4.69, 9.17) is 9.05 Å². The minimum absolute atomic E-state index is 0.00347. The predicted octanol–water partition coefficient (Wildman–Crippen LogP) is 22.4. The van der Waals surface area contributed by atoms with Gasteiger partial charge in [0.1, 0.15) is 13.2 Å². The lowest BCUT2D eigenvalue weighted by atomic mass is 10.0. The molecule has 0 bridgehead atoms. The smallest absolute Gasteiger partial charge is 0.268 e. The molecule has 3 atom stereocenters. The Hall–Kier alpha value is -1.02. The Kier molecular flexibility index (Phi) is 62.7. The average Bonchev–Trinajstić information content (AvgIpc) is 3.43. The summed E-state index contributed by atoms with van der Waals surface area (Å²) < 4.78 is 23.4. The van der Waals surface area contributed by atoms with Crippen molar-refractivity contribution < 1.29 is 32.9 Å². The number of hydrogen-bond acceptors (Lipinski definition) is 6. The zero-order valence-electron chi connectivity index (χ0n) is 55.3. The van der Waals surface area contributed by atoms with Crippen LogP contribution in [0.25, 0.3) is 0 Å². The molecule has 1 amide bonds. The highest BCUT2D eigenvalue weighted by atomic mass is 31.2. The van der Waals surface area contributed by atoms with E-state index in [-0.39, 0.29) is 19.1 Å². The molecule has 0 aromatic carbocycles. The Balaban J connectivity index is 3.94. The first-order valence-electron chi connectivity index (χ1n) is 36.2. The van der Waals surface area contributed by atoms with Crippen molar-refractivity contribution >= 4 is 13.7 Å². The van der Waals surface area contributed by atoms with Gasteiger partial charge in [-0.15, -0.1) is 0 Å². The topological polar surface area (TPSA) is 108 Å². The zero-order chi connectivity index (χ0) is 59.1. The Labute approximate surface area is 506 Å². The maximum atomic E-state index is 13.0. The number of quaternary nitrogens is 1. The number of phosphoric acid groups is 1. The molecule has 0 aromatic rings. The molecule has 0 aromatic heterocycles. The molecule has 3 unspecified atom stereocenters. The number of aliphatic hydroxyl groups is 1. The number of nitrogens with zero attached hydrogens (tertiary/aromatic N) is 1. The molecule has 0 aliphatic carbocycles. The fourth-order valence-corrected chi connectivity index (χ4v) is 12.0. The van der Waals surface area contributed by atoms with Gasteiger partial charge in [0, 0.05) is 6.42 Å². The number of rotatable bonds is 68. The maximum absolute atomic E-state index is 13.0. The van der Waals surface area contributed by atoms with Crippen molar-refractivity contribution in [1.82, 2.24) is 5.32 Å². The Morgan fingerprint density at radius 2 is 0.691 bits per heavy atom. The number of allylic oxidation sites excluding steroid dienone is 3. The Morgan fingerprint density at radius 1 is 0.420 bits per heavy atom. The van der Waals surface area contributed by atoms with E-state index in [9.17, 15) is 19.4 Å². The summed E-state index contributed by atoms with van der Waals surface area (Å²) >= 11 is 0. The van der Waals surface area contributed by atoms with Gasteiger partial charge >= 0.3 is 0 Å². The number of carbonyl (C=O) groups is 1. The molecule has 0 saturated heterocycles. The van der Waals surface area contributed by atoms with Crippen LogP contribution in [0.5, 0.6) is 0 Å². The highest BCUT2D eigenvalue weighted by molar-refractivity contribution is 7.45. The van der Waals surface area contributed by atoms with E-state index < -0.39 is 20.0 Å². The number of nitrogens with one attached hydrogen (secondary N) is 1. The van der Waals surface area contributed by atoms with Gasteiger partial charge in [-0.05, 0) is 32.1 Å². The van der Waals surface area contributed by atoms with Gasteiger partial charge in [0.05, 0.1) is 39.9 Å². The molecule has 8 nitrogen and oxygen atoms in total. The molecular formula is C72H143N2O6P. The molecule has 0 saturated carbocycles. The second-order valence-corrected chi connectivity index (χ2v) is 27.7. The molecular weight excluding hydrogens is 1020 g/mol. The van der Waals surface area contributed by atoms with E-state index in [1.807, 2.05) is 27.2 Å². The highest BCUT2D eigenvalue weighted by Crippen LogP contribution is 2.38. The third-order valence-electron chi connectivity index (χ3n) is 16.9. The van der Waals surface area contributed by atoms with Crippen LogP contribution < -0.4 is 10.2 Å². The van der Waals surface area contributed by atoms with Crippen molar-refractivity contribution in [1.29, 1.82) is 0 Å². The first kappa shape index (κ1) is 80.0. The van der Waals surface area contributed by atoms with Crippen LogP contribution in [0.1, 0.15) is 380 Å². The lowest BCUT2D eigenvalue weighted by Gasteiger charge is -2.29. The number of hydrogen-bond donors (Lipinski definition) is 2. The largest absolute Gasteiger partial charge is 0.756 e. The molecule has 81 heavy (non-hydrogen) atoms. The zero-order valence-corrected chi connectivity index (χ0v) is 56.2. The van der Waals surface area contributed by atoms with Gasteiger partial charge in [-0.2, -0.15) is 0 Å². The van der Waals surface area contributed by atoms with Crippen LogP contribution in [0.2, 0.25) is 0 Å². The lowest BCUT2D eigenvalue weighted by molar-refractivity contribution is -0.870. The average molecular weight is 1160 g/mol. The van der Waals surface area contributed by atoms with Gasteiger partial charge in [-0.25, -0.2) is 0 Å². The summed E-state index contributed by atoms with van der Waals surface area (Å²) in [5.74, 6) is -0.198. The number of amides is 1. The molecule has 2 N–H and O–H groups in total. The number of phosphoric ester groups is 1. The minimum atomic E-state index is -4.61. The van der Waals surface area contributed by atoms with Crippen LogP contribution in [-0.2, 0) is 18.4 Å². The van der Waals surface area contributed by atoms with Gasteiger partial charge in [0.2, 0.25) is 5.91 Å². The summed E-state index contributed by atoms with van der Waals surface area (Å²) in [5.41, 5.74) is 0. The standard InChI is InChI=1S/C72H143N2O6P/c1-6-8-10-12-14-16-18-20-22-24-26-28-29-30-31-32-33-34-35-36-37-38-39-40-41-42-43-44-46-48-50-52-54-56-58-60-62-64-66-72(76)73-70(69-80-81(77,78)79-68-67-74(3,4)5)71(75)65-63-61-59-57-55-53-51-49-47-45-27-25-23-21-19-17-15-13-11-9-7-2/h55,57,63,65,70-71,75H,6-54,56,58-62,64,66-69H2,1-5H3,(H-,73,76,77,78)/b57-55+,65-63+. The van der Waals surface area contributed by atoms with Crippen molar-refractivity contribution in [2.75, 3.05) is 40.9 Å². The Morgan fingerprint density at radius 3 is 1.00 bits per heavy atom. The van der Waals surface area contributed by atoms with Crippen molar-refractivity contribution in [2.24, 2.45) is 0 Å². The van der Waals surface area contributed by atoms with Crippen molar-refractivity contribution in [3.8, 4) is 0 Å². The van der Waals surface area contributed by atoms with Gasteiger partial charge in [0.25, 0.3) is 7.82 Å². The molecule has 0 fully saturated rings. The third kappa shape index (κ3) is 66.4. The molecule has 0 spiro atoms. The second-order valence-electron chi connectivity index (χ2n) is 26.3. The van der Waals surface area contributed by atoms with Crippen LogP contribution in [0.15, 0.2) is 24.3 Å². The minimum Gasteiger partial charge on any atom is -0.756 e. The second kappa shape index (κ2) is 63.5. The third-order valence-corrected chi connectivity index (χ3v) is 17.9. The maximum Gasteiger partial charge on any atom is 0.268 e. The van der Waals surface area contributed by atoms with E-state index in [0.717, 1.165) is 38.5 Å². The van der Waals surface area contributed by atoms with E-state index in [1.54, 1.807) is 6.08 Å². The van der Waals surface area contributed by atoms with Crippen LogP contribution in [0, 0.1) is 0 Å². The summed E-state index contributed by atoms with van der Waals surface area (Å²) in [4.78, 5) is 25.6. The van der Waals surface area contributed by atoms with Gasteiger partial charge < -0.3 is 28.8 Å². The molecule has 0 heterocycles. The quantitative estimate of drug-likeness (QED) is 0.0272. The number of likely N-dealkylation sites (N-methyl/N-ethyl adjacent to an activating group) is 1. The fraction of sp³-hybridized carbons (Fsp3) is 0.931. The molecule has 482 valence electrons. The van der Waals surface area contributed by atoms with Crippen LogP contribution in [0.4, 0.5) is 0 Å². The summed E-state index contributed by atoms with van der Waals surface area (Å²) in [6.45, 7) is 4.69. The van der Waals surface area contributed by atoms with Crippen LogP contribution >= 0.6 is 7.82 Å². The molecule has 0 aliphatic rings. The predicted molar refractivity (Wildman–Crippen MR) is 353 cm³/mol. The number of aliphatic hydroxyl groups excluding tert-OH is 1. The first-order valence-corrected chi connectivity index (χ1v) is 37.7. The molecule has 9 heteroatoms. The molecule has 0 aliphatic heterocycles. The van der Waals surface area contributed by atoms with Crippen molar-refractivity contribution in [3.05, 3.63) is 24.3 Å². The van der Waals surface area contributed by atoms with Crippen LogP contribution in [-0.4, -0.2) is 68.5 Å². The van der Waals surface area contributed by atoms with E-state index in [1.165, 1.54) is 321 Å². The first-order chi connectivity index (χ1) is 39.5. The lowest BCUT2D eigenvalue weighted by Crippen LogP contribution is -2.45. The molecule has 0 radical (unpaired) electrons. The summed E-state index contributed by atoms with van der Waals surface area (Å²) in [6, 6.07) is -0.901. The number of unbranched alkanes of at least 4 members (excludes halogenated alkanes) is 53. The monoisotopic (exact) mass is 1160 g/mol. The summed E-state index contributed by atoms with van der Waals surface area (Å²) in [7, 11) is 1.26. The van der Waals surface area contributed by atoms with Crippen molar-refractivity contribution in [3.63, 3.8) is 0 Å².